The maximum absolute atomic E-state index is 12.4. The van der Waals surface area contributed by atoms with Crippen molar-refractivity contribution in [2.45, 2.75) is 26.4 Å². The molecule has 7 nitrogen and oxygen atoms in total. The number of phenolic OH excluding ortho intramolecular Hbond substituents is 1. The van der Waals surface area contributed by atoms with Crippen LogP contribution in [0.2, 0.25) is 5.02 Å². The van der Waals surface area contributed by atoms with Gasteiger partial charge in [0.15, 0.2) is 6.10 Å². The first-order valence-corrected chi connectivity index (χ1v) is 9.20. The van der Waals surface area contributed by atoms with Crippen LogP contribution in [0.15, 0.2) is 41.0 Å². The normalized spacial score (nSPS) is 11.9. The Morgan fingerprint density at radius 1 is 1.28 bits per heavy atom. The monoisotopic (exact) mass is 417 g/mol. The first-order valence-electron chi connectivity index (χ1n) is 8.82. The van der Waals surface area contributed by atoms with Crippen molar-refractivity contribution in [3.8, 4) is 11.5 Å². The van der Waals surface area contributed by atoms with Crippen LogP contribution in [-0.4, -0.2) is 30.2 Å². The highest BCUT2D eigenvalue weighted by atomic mass is 35.5. The first kappa shape index (κ1) is 20.5. The Balaban J connectivity index is 1.65. The molecule has 8 heteroatoms. The molecule has 1 amide bonds. The molecule has 1 atom stereocenters. The van der Waals surface area contributed by atoms with Gasteiger partial charge < -0.3 is 24.3 Å². The lowest BCUT2D eigenvalue weighted by Gasteiger charge is -2.16. The molecule has 0 radical (unpaired) electrons. The Morgan fingerprint density at radius 3 is 2.76 bits per heavy atom. The van der Waals surface area contributed by atoms with Crippen LogP contribution in [0.5, 0.6) is 11.5 Å². The van der Waals surface area contributed by atoms with E-state index in [0.717, 1.165) is 5.56 Å². The number of benzene rings is 2. The second-order valence-corrected chi connectivity index (χ2v) is 6.95. The SMILES string of the molecule is COc1cc(Cl)c(C)cc1NC(=O)[C@@H](C)OC(=O)Cc1coc2cc(O)ccc12. The van der Waals surface area contributed by atoms with Crippen LogP contribution in [0.4, 0.5) is 5.69 Å². The van der Waals surface area contributed by atoms with Crippen molar-refractivity contribution in [3.05, 3.63) is 52.7 Å². The number of rotatable bonds is 6. The molecule has 0 bridgehead atoms. The fourth-order valence-corrected chi connectivity index (χ4v) is 2.97. The number of nitrogens with one attached hydrogen (secondary N) is 1. The number of methoxy groups -OCH3 is 1. The lowest BCUT2D eigenvalue weighted by atomic mass is 10.1. The third-order valence-corrected chi connectivity index (χ3v) is 4.80. The summed E-state index contributed by atoms with van der Waals surface area (Å²) < 4.78 is 15.8. The van der Waals surface area contributed by atoms with Crippen LogP contribution in [-0.2, 0) is 20.7 Å². The molecule has 1 aromatic heterocycles. The van der Waals surface area contributed by atoms with E-state index in [-0.39, 0.29) is 12.2 Å². The number of carbonyl (C=O) groups excluding carboxylic acids is 2. The summed E-state index contributed by atoms with van der Waals surface area (Å²) in [6, 6.07) is 7.90. The number of ether oxygens (including phenoxy) is 2. The Hall–Kier alpha value is -3.19. The quantitative estimate of drug-likeness (QED) is 0.582. The van der Waals surface area contributed by atoms with Gasteiger partial charge in [0.2, 0.25) is 0 Å². The summed E-state index contributed by atoms with van der Waals surface area (Å²) >= 11 is 6.07. The molecule has 0 saturated heterocycles. The van der Waals surface area contributed by atoms with Gasteiger partial charge in [0.25, 0.3) is 5.91 Å². The van der Waals surface area contributed by atoms with E-state index in [0.29, 0.717) is 33.0 Å². The van der Waals surface area contributed by atoms with Crippen molar-refractivity contribution in [1.29, 1.82) is 0 Å². The van der Waals surface area contributed by atoms with E-state index in [9.17, 15) is 14.7 Å². The Labute approximate surface area is 172 Å². The number of aryl methyl sites for hydroxylation is 1. The summed E-state index contributed by atoms with van der Waals surface area (Å²) in [6.45, 7) is 3.28. The van der Waals surface area contributed by atoms with E-state index in [1.54, 1.807) is 25.1 Å². The molecular formula is C21H20ClNO6. The number of carbonyl (C=O) groups is 2. The molecule has 3 aromatic rings. The smallest absolute Gasteiger partial charge is 0.311 e. The predicted molar refractivity (Wildman–Crippen MR) is 109 cm³/mol. The summed E-state index contributed by atoms with van der Waals surface area (Å²) in [6.07, 6.45) is 0.335. The van der Waals surface area contributed by atoms with Crippen LogP contribution in [0.3, 0.4) is 0 Å². The number of anilines is 1. The number of amides is 1. The van der Waals surface area contributed by atoms with Gasteiger partial charge in [0, 0.05) is 28.1 Å². The number of furan rings is 1. The molecule has 0 saturated carbocycles. The Morgan fingerprint density at radius 2 is 2.03 bits per heavy atom. The van der Waals surface area contributed by atoms with Gasteiger partial charge in [-0.2, -0.15) is 0 Å². The van der Waals surface area contributed by atoms with Gasteiger partial charge in [0.05, 0.1) is 25.5 Å². The van der Waals surface area contributed by atoms with Gasteiger partial charge in [0.1, 0.15) is 17.1 Å². The Kier molecular flexibility index (Phi) is 5.98. The third kappa shape index (κ3) is 4.63. The number of halogens is 1. The number of phenols is 1. The molecule has 2 aromatic carbocycles. The largest absolute Gasteiger partial charge is 0.508 e. The summed E-state index contributed by atoms with van der Waals surface area (Å²) in [4.78, 5) is 24.7. The Bertz CT molecular complexity index is 1070. The van der Waals surface area contributed by atoms with Gasteiger partial charge in [-0.05, 0) is 37.6 Å². The maximum Gasteiger partial charge on any atom is 0.311 e. The van der Waals surface area contributed by atoms with E-state index < -0.39 is 18.0 Å². The number of fused-ring (bicyclic) bond motifs is 1. The van der Waals surface area contributed by atoms with Gasteiger partial charge in [-0.1, -0.05) is 11.6 Å². The summed E-state index contributed by atoms with van der Waals surface area (Å²) in [7, 11) is 1.47. The summed E-state index contributed by atoms with van der Waals surface area (Å²) in [5.74, 6) is -0.609. The zero-order chi connectivity index (χ0) is 21.1. The average molecular weight is 418 g/mol. The molecule has 0 spiro atoms. The van der Waals surface area contributed by atoms with Crippen molar-refractivity contribution in [2.75, 3.05) is 12.4 Å². The second kappa shape index (κ2) is 8.45. The van der Waals surface area contributed by atoms with Crippen LogP contribution >= 0.6 is 11.6 Å². The summed E-state index contributed by atoms with van der Waals surface area (Å²) in [5, 5.41) is 13.4. The fraction of sp³-hybridized carbons (Fsp3) is 0.238. The molecule has 152 valence electrons. The zero-order valence-corrected chi connectivity index (χ0v) is 16.9. The average Bonchev–Trinajstić information content (AvgIpc) is 3.05. The van der Waals surface area contributed by atoms with Gasteiger partial charge in [-0.15, -0.1) is 0 Å². The number of esters is 1. The molecule has 29 heavy (non-hydrogen) atoms. The van der Waals surface area contributed by atoms with Crippen molar-refractivity contribution < 1.29 is 28.6 Å². The lowest BCUT2D eigenvalue weighted by Crippen LogP contribution is -2.30. The van der Waals surface area contributed by atoms with E-state index in [1.807, 2.05) is 0 Å². The number of hydrogen-bond acceptors (Lipinski definition) is 6. The van der Waals surface area contributed by atoms with Gasteiger partial charge in [-0.3, -0.25) is 9.59 Å². The van der Waals surface area contributed by atoms with Crippen molar-refractivity contribution >= 4 is 40.1 Å². The van der Waals surface area contributed by atoms with Crippen molar-refractivity contribution in [3.63, 3.8) is 0 Å². The van der Waals surface area contributed by atoms with E-state index in [2.05, 4.69) is 5.32 Å². The van der Waals surface area contributed by atoms with E-state index in [4.69, 9.17) is 25.5 Å². The lowest BCUT2D eigenvalue weighted by molar-refractivity contribution is -0.152. The maximum atomic E-state index is 12.4. The summed E-state index contributed by atoms with van der Waals surface area (Å²) in [5.41, 5.74) is 2.27. The molecule has 0 aliphatic heterocycles. The molecule has 0 fully saturated rings. The highest BCUT2D eigenvalue weighted by Crippen LogP contribution is 2.31. The van der Waals surface area contributed by atoms with Crippen LogP contribution in [0, 0.1) is 6.92 Å². The van der Waals surface area contributed by atoms with Crippen LogP contribution in [0.25, 0.3) is 11.0 Å². The first-order chi connectivity index (χ1) is 13.8. The molecule has 1 heterocycles. The molecule has 0 aliphatic carbocycles. The molecule has 3 rings (SSSR count). The highest BCUT2D eigenvalue weighted by molar-refractivity contribution is 6.31. The second-order valence-electron chi connectivity index (χ2n) is 6.54. The molecule has 2 N–H and O–H groups in total. The van der Waals surface area contributed by atoms with E-state index in [1.165, 1.54) is 32.4 Å². The van der Waals surface area contributed by atoms with Crippen LogP contribution in [0.1, 0.15) is 18.1 Å². The van der Waals surface area contributed by atoms with E-state index >= 15 is 0 Å². The van der Waals surface area contributed by atoms with Gasteiger partial charge >= 0.3 is 5.97 Å². The number of hydrogen-bond donors (Lipinski definition) is 2. The minimum atomic E-state index is -1.02. The van der Waals surface area contributed by atoms with Crippen LogP contribution < -0.4 is 10.1 Å². The third-order valence-electron chi connectivity index (χ3n) is 4.39. The highest BCUT2D eigenvalue weighted by Gasteiger charge is 2.21. The topological polar surface area (TPSA) is 98.0 Å². The van der Waals surface area contributed by atoms with Crippen molar-refractivity contribution in [2.24, 2.45) is 0 Å². The zero-order valence-electron chi connectivity index (χ0n) is 16.1. The molecule has 0 unspecified atom stereocenters. The minimum absolute atomic E-state index is 0.0686. The molecule has 0 aliphatic rings. The van der Waals surface area contributed by atoms with Crippen molar-refractivity contribution in [1.82, 2.24) is 0 Å². The molecular weight excluding hydrogens is 398 g/mol. The standard InChI is InChI=1S/C21H20ClNO6/c1-11-6-17(19(27-3)9-16(11)22)23-21(26)12(2)29-20(25)7-13-10-28-18-8-14(24)4-5-15(13)18/h4-6,8-10,12,24H,7H2,1-3H3,(H,23,26)/t12-/m1/s1. The number of aromatic hydroxyl groups is 1. The predicted octanol–water partition coefficient (Wildman–Crippen LogP) is 4.22. The van der Waals surface area contributed by atoms with Gasteiger partial charge in [-0.25, -0.2) is 0 Å². The minimum Gasteiger partial charge on any atom is -0.508 e. The fourth-order valence-electron chi connectivity index (χ4n) is 2.82.